The molecule has 1 aromatic heterocycles. The van der Waals surface area contributed by atoms with Gasteiger partial charge in [0.05, 0.1) is 11.0 Å². The molecule has 0 radical (unpaired) electrons. The van der Waals surface area contributed by atoms with E-state index in [0.29, 0.717) is 11.3 Å². The van der Waals surface area contributed by atoms with E-state index in [1.807, 2.05) is 0 Å². The molecular formula is C11H10BrClN2. The molecule has 78 valence electrons. The Morgan fingerprint density at radius 3 is 2.87 bits per heavy atom. The molecule has 0 N–H and O–H groups in total. The number of benzene rings is 1. The van der Waals surface area contributed by atoms with Crippen molar-refractivity contribution < 1.29 is 0 Å². The molecule has 1 heterocycles. The van der Waals surface area contributed by atoms with Crippen LogP contribution in [0.2, 0.25) is 5.28 Å². The average molecular weight is 286 g/mol. The van der Waals surface area contributed by atoms with Crippen LogP contribution in [-0.2, 0) is 0 Å². The van der Waals surface area contributed by atoms with Gasteiger partial charge < -0.3 is 4.57 Å². The van der Waals surface area contributed by atoms with E-state index in [0.717, 1.165) is 21.1 Å². The maximum absolute atomic E-state index is 6.16. The van der Waals surface area contributed by atoms with Crippen molar-refractivity contribution in [3.63, 3.8) is 0 Å². The van der Waals surface area contributed by atoms with Crippen LogP contribution in [0, 0.1) is 6.92 Å². The van der Waals surface area contributed by atoms with Crippen molar-refractivity contribution in [3.8, 4) is 0 Å². The lowest BCUT2D eigenvalue weighted by atomic mass is 10.2. The van der Waals surface area contributed by atoms with Gasteiger partial charge in [-0.3, -0.25) is 0 Å². The fraction of sp³-hybridized carbons (Fsp3) is 0.364. The summed E-state index contributed by atoms with van der Waals surface area (Å²) in [5.41, 5.74) is 3.33. The maximum Gasteiger partial charge on any atom is 0.204 e. The quantitative estimate of drug-likeness (QED) is 0.771. The van der Waals surface area contributed by atoms with E-state index in [2.05, 4.69) is 44.5 Å². The highest BCUT2D eigenvalue weighted by Crippen LogP contribution is 2.41. The van der Waals surface area contributed by atoms with Crippen molar-refractivity contribution in [1.82, 2.24) is 9.55 Å². The molecule has 0 spiro atoms. The molecule has 0 amide bonds. The first kappa shape index (κ1) is 9.67. The van der Waals surface area contributed by atoms with Gasteiger partial charge in [-0.1, -0.05) is 15.9 Å². The summed E-state index contributed by atoms with van der Waals surface area (Å²) in [7, 11) is 0. The molecule has 1 aromatic carbocycles. The average Bonchev–Trinajstić information content (AvgIpc) is 2.97. The van der Waals surface area contributed by atoms with E-state index in [-0.39, 0.29) is 0 Å². The van der Waals surface area contributed by atoms with Crippen LogP contribution in [0.15, 0.2) is 16.6 Å². The van der Waals surface area contributed by atoms with E-state index >= 15 is 0 Å². The molecule has 1 aliphatic rings. The molecule has 1 saturated carbocycles. The Bertz CT molecular complexity index is 543. The molecule has 4 heteroatoms. The smallest absolute Gasteiger partial charge is 0.204 e. The van der Waals surface area contributed by atoms with Gasteiger partial charge in [-0.2, -0.15) is 0 Å². The Morgan fingerprint density at radius 2 is 2.20 bits per heavy atom. The summed E-state index contributed by atoms with van der Waals surface area (Å²) in [4.78, 5) is 4.43. The molecule has 0 aliphatic heterocycles. The van der Waals surface area contributed by atoms with Gasteiger partial charge in [-0.15, -0.1) is 0 Å². The van der Waals surface area contributed by atoms with Crippen molar-refractivity contribution in [3.05, 3.63) is 27.5 Å². The van der Waals surface area contributed by atoms with Crippen molar-refractivity contribution >= 4 is 38.6 Å². The third-order valence-corrected chi connectivity index (χ3v) is 4.04. The third kappa shape index (κ3) is 1.41. The second-order valence-corrected chi connectivity index (χ2v) is 5.21. The van der Waals surface area contributed by atoms with Crippen LogP contribution in [0.4, 0.5) is 0 Å². The molecule has 0 bridgehead atoms. The Balaban J connectivity index is 2.37. The number of halogens is 2. The normalized spacial score (nSPS) is 16.2. The minimum absolute atomic E-state index is 0.572. The summed E-state index contributed by atoms with van der Waals surface area (Å²) >= 11 is 9.67. The fourth-order valence-electron chi connectivity index (χ4n) is 1.92. The van der Waals surface area contributed by atoms with Crippen molar-refractivity contribution in [2.75, 3.05) is 0 Å². The van der Waals surface area contributed by atoms with Crippen molar-refractivity contribution in [2.45, 2.75) is 25.8 Å². The summed E-state index contributed by atoms with van der Waals surface area (Å²) < 4.78 is 3.24. The van der Waals surface area contributed by atoms with Gasteiger partial charge in [0.25, 0.3) is 0 Å². The highest BCUT2D eigenvalue weighted by atomic mass is 79.9. The summed E-state index contributed by atoms with van der Waals surface area (Å²) in [6.45, 7) is 2.06. The SMILES string of the molecule is Cc1c(Br)ccc2c1nc(Cl)n2C1CC1. The van der Waals surface area contributed by atoms with Crippen LogP contribution in [0.25, 0.3) is 11.0 Å². The number of aromatic nitrogens is 2. The Morgan fingerprint density at radius 1 is 1.47 bits per heavy atom. The van der Waals surface area contributed by atoms with E-state index in [1.165, 1.54) is 12.8 Å². The van der Waals surface area contributed by atoms with Gasteiger partial charge in [0.2, 0.25) is 5.28 Å². The number of aryl methyl sites for hydroxylation is 1. The molecule has 0 unspecified atom stereocenters. The molecule has 15 heavy (non-hydrogen) atoms. The third-order valence-electron chi connectivity index (χ3n) is 2.92. The number of imidazole rings is 1. The number of hydrogen-bond acceptors (Lipinski definition) is 1. The number of nitrogens with zero attached hydrogens (tertiary/aromatic N) is 2. The van der Waals surface area contributed by atoms with E-state index in [1.54, 1.807) is 0 Å². The minimum Gasteiger partial charge on any atom is -0.312 e. The Labute approximate surface area is 101 Å². The molecule has 3 rings (SSSR count). The van der Waals surface area contributed by atoms with Crippen molar-refractivity contribution in [2.24, 2.45) is 0 Å². The summed E-state index contributed by atoms with van der Waals surface area (Å²) in [6, 6.07) is 4.72. The fourth-order valence-corrected chi connectivity index (χ4v) is 2.56. The second-order valence-electron chi connectivity index (χ2n) is 4.02. The number of fused-ring (bicyclic) bond motifs is 1. The lowest BCUT2D eigenvalue weighted by Gasteiger charge is -2.03. The van der Waals surface area contributed by atoms with Gasteiger partial charge in [-0.25, -0.2) is 4.98 Å². The largest absolute Gasteiger partial charge is 0.312 e. The number of hydrogen-bond donors (Lipinski definition) is 0. The van der Waals surface area contributed by atoms with Gasteiger partial charge in [0, 0.05) is 10.5 Å². The highest BCUT2D eigenvalue weighted by Gasteiger charge is 2.28. The van der Waals surface area contributed by atoms with E-state index in [4.69, 9.17) is 11.6 Å². The first-order chi connectivity index (χ1) is 7.18. The van der Waals surface area contributed by atoms with Crippen LogP contribution in [0.3, 0.4) is 0 Å². The van der Waals surface area contributed by atoms with Gasteiger partial charge >= 0.3 is 0 Å². The van der Waals surface area contributed by atoms with E-state index < -0.39 is 0 Å². The Hall–Kier alpha value is -0.540. The molecule has 2 nitrogen and oxygen atoms in total. The van der Waals surface area contributed by atoms with Crippen LogP contribution >= 0.6 is 27.5 Å². The maximum atomic E-state index is 6.16. The first-order valence-corrected chi connectivity index (χ1v) is 6.18. The molecule has 1 fully saturated rings. The lowest BCUT2D eigenvalue weighted by molar-refractivity contribution is 0.767. The topological polar surface area (TPSA) is 17.8 Å². The Kier molecular flexibility index (Phi) is 2.08. The van der Waals surface area contributed by atoms with Gasteiger partial charge in [-0.05, 0) is 49.1 Å². The monoisotopic (exact) mass is 284 g/mol. The molecule has 0 atom stereocenters. The number of rotatable bonds is 1. The van der Waals surface area contributed by atoms with Crippen LogP contribution in [-0.4, -0.2) is 9.55 Å². The lowest BCUT2D eigenvalue weighted by Crippen LogP contribution is -1.93. The van der Waals surface area contributed by atoms with Crippen LogP contribution < -0.4 is 0 Å². The van der Waals surface area contributed by atoms with Crippen molar-refractivity contribution in [1.29, 1.82) is 0 Å². The zero-order valence-electron chi connectivity index (χ0n) is 8.30. The molecule has 1 aliphatic carbocycles. The van der Waals surface area contributed by atoms with Crippen LogP contribution in [0.1, 0.15) is 24.4 Å². The summed E-state index contributed by atoms with van der Waals surface area (Å²) in [5.74, 6) is 0. The van der Waals surface area contributed by atoms with Gasteiger partial charge in [0.1, 0.15) is 0 Å². The van der Waals surface area contributed by atoms with E-state index in [9.17, 15) is 0 Å². The highest BCUT2D eigenvalue weighted by molar-refractivity contribution is 9.10. The summed E-state index contributed by atoms with van der Waals surface area (Å²) in [6.07, 6.45) is 2.45. The summed E-state index contributed by atoms with van der Waals surface area (Å²) in [5, 5.41) is 0.619. The predicted octanol–water partition coefficient (Wildman–Crippen LogP) is 4.10. The zero-order chi connectivity index (χ0) is 10.6. The molecular weight excluding hydrogens is 275 g/mol. The minimum atomic E-state index is 0.572. The second kappa shape index (κ2) is 3.22. The molecule has 0 saturated heterocycles. The molecule has 2 aromatic rings. The first-order valence-electron chi connectivity index (χ1n) is 5.01. The standard InChI is InChI=1S/C11H10BrClN2/c1-6-8(12)4-5-9-10(6)14-11(13)15(9)7-2-3-7/h4-5,7H,2-3H2,1H3. The predicted molar refractivity (Wildman–Crippen MR) is 65.5 cm³/mol. The zero-order valence-corrected chi connectivity index (χ0v) is 10.6. The van der Waals surface area contributed by atoms with Gasteiger partial charge in [0.15, 0.2) is 0 Å². The van der Waals surface area contributed by atoms with Crippen LogP contribution in [0.5, 0.6) is 0 Å².